The van der Waals surface area contributed by atoms with Crippen LogP contribution >= 0.6 is 0 Å². The van der Waals surface area contributed by atoms with Crippen LogP contribution < -0.4 is 0 Å². The van der Waals surface area contributed by atoms with Crippen molar-refractivity contribution in [3.05, 3.63) is 30.7 Å². The van der Waals surface area contributed by atoms with Gasteiger partial charge in [0.1, 0.15) is 0 Å². The summed E-state index contributed by atoms with van der Waals surface area (Å²) in [5.74, 6) is 0. The fourth-order valence-corrected chi connectivity index (χ4v) is 0.773. The molecule has 0 saturated heterocycles. The maximum atomic E-state index is 4.95. The lowest BCUT2D eigenvalue weighted by Gasteiger charge is -1.70. The molecule has 0 bridgehead atoms. The third kappa shape index (κ3) is 0.598. The normalized spacial score (nSPS) is 10.2. The summed E-state index contributed by atoms with van der Waals surface area (Å²) in [4.78, 5) is 0. The molecule has 44 valence electrons. The highest BCUT2D eigenvalue weighted by Crippen LogP contribution is 2.12. The minimum atomic E-state index is 0.789. The number of para-hydroxylation sites is 2. The predicted octanol–water partition coefficient (Wildman–Crippen LogP) is 2.31. The van der Waals surface area contributed by atoms with Crippen molar-refractivity contribution in [2.75, 3.05) is 0 Å². The molecule has 0 spiro atoms. The molecule has 0 amide bonds. The zero-order valence-corrected chi connectivity index (χ0v) is 4.70. The van der Waals surface area contributed by atoms with Crippen LogP contribution in [0.15, 0.2) is 39.6 Å². The molecule has 0 fully saturated rings. The van der Waals surface area contributed by atoms with Gasteiger partial charge in [0.2, 0.25) is 0 Å². The van der Waals surface area contributed by atoms with Gasteiger partial charge in [0.25, 0.3) is 0 Å². The van der Waals surface area contributed by atoms with E-state index in [1.807, 2.05) is 24.3 Å². The topological polar surface area (TPSA) is 24.4 Å². The first kappa shape index (κ1) is 4.56. The smallest absolute Gasteiger partial charge is 0.272 e. The van der Waals surface area contributed by atoms with Crippen molar-refractivity contribution in [3.63, 3.8) is 0 Å². The van der Waals surface area contributed by atoms with Crippen LogP contribution in [0.4, 0.5) is 0 Å². The standard InChI is InChI=1S/C7H5O2/c1-2-4-7-6(3-1)8-5-9-7/h1-5H/q+1. The van der Waals surface area contributed by atoms with E-state index in [-0.39, 0.29) is 0 Å². The Morgan fingerprint density at radius 1 is 1.22 bits per heavy atom. The Bertz CT molecular complexity index is 281. The van der Waals surface area contributed by atoms with E-state index in [1.54, 1.807) is 0 Å². The quantitative estimate of drug-likeness (QED) is 0.499. The number of rotatable bonds is 0. The van der Waals surface area contributed by atoms with Crippen LogP contribution in [-0.2, 0) is 0 Å². The molecule has 0 aliphatic carbocycles. The Morgan fingerprint density at radius 3 is 3.00 bits per heavy atom. The molecule has 1 heterocycles. The molecule has 0 aliphatic rings. The minimum absolute atomic E-state index is 0.789. The molecule has 0 atom stereocenters. The first-order valence-corrected chi connectivity index (χ1v) is 2.71. The van der Waals surface area contributed by atoms with Gasteiger partial charge in [0.05, 0.1) is 0 Å². The second-order valence-electron chi connectivity index (χ2n) is 1.78. The van der Waals surface area contributed by atoms with Crippen molar-refractivity contribution in [2.24, 2.45) is 0 Å². The van der Waals surface area contributed by atoms with E-state index in [0.29, 0.717) is 0 Å². The summed E-state index contributed by atoms with van der Waals surface area (Å²) in [7, 11) is 0. The lowest BCUT2D eigenvalue weighted by atomic mass is 10.3. The Kier molecular flexibility index (Phi) is 0.803. The molecule has 0 radical (unpaired) electrons. The summed E-state index contributed by atoms with van der Waals surface area (Å²) >= 11 is 0. The van der Waals surface area contributed by atoms with Gasteiger partial charge in [0, 0.05) is 12.1 Å². The van der Waals surface area contributed by atoms with E-state index in [4.69, 9.17) is 8.83 Å². The Morgan fingerprint density at radius 2 is 2.11 bits per heavy atom. The van der Waals surface area contributed by atoms with Crippen molar-refractivity contribution >= 4 is 11.2 Å². The van der Waals surface area contributed by atoms with Gasteiger partial charge in [-0.15, -0.1) is 0 Å². The maximum absolute atomic E-state index is 4.95. The molecule has 0 N–H and O–H groups in total. The van der Waals surface area contributed by atoms with E-state index in [1.165, 1.54) is 6.46 Å². The zero-order chi connectivity index (χ0) is 6.10. The highest BCUT2D eigenvalue weighted by Gasteiger charge is 2.04. The van der Waals surface area contributed by atoms with Crippen LogP contribution in [0.5, 0.6) is 0 Å². The molecule has 2 aromatic rings. The molecule has 2 heteroatoms. The van der Waals surface area contributed by atoms with Crippen molar-refractivity contribution in [1.29, 1.82) is 0 Å². The molecule has 2 rings (SSSR count). The van der Waals surface area contributed by atoms with Gasteiger partial charge in [0.15, 0.2) is 0 Å². The van der Waals surface area contributed by atoms with Gasteiger partial charge in [-0.25, -0.2) is 0 Å². The SMILES string of the molecule is c1ccc2[o+]coc2c1. The molecule has 9 heavy (non-hydrogen) atoms. The number of fused-ring (bicyclic) bond motifs is 1. The highest BCUT2D eigenvalue weighted by atomic mass is 16.5. The zero-order valence-electron chi connectivity index (χ0n) is 4.70. The fraction of sp³-hybridized carbons (Fsp3) is 0. The number of benzene rings is 1. The molecule has 0 aliphatic heterocycles. The summed E-state index contributed by atoms with van der Waals surface area (Å²) in [6, 6.07) is 7.53. The molecule has 1 aromatic carbocycles. The summed E-state index contributed by atoms with van der Waals surface area (Å²) in [6.07, 6.45) is 0. The van der Waals surface area contributed by atoms with Gasteiger partial charge in [-0.1, -0.05) is 12.1 Å². The van der Waals surface area contributed by atoms with Gasteiger partial charge < -0.3 is 0 Å². The highest BCUT2D eigenvalue weighted by molar-refractivity contribution is 5.68. The lowest BCUT2D eigenvalue weighted by molar-refractivity contribution is 0.468. The largest absolute Gasteiger partial charge is 0.485 e. The van der Waals surface area contributed by atoms with E-state index >= 15 is 0 Å². The van der Waals surface area contributed by atoms with E-state index < -0.39 is 0 Å². The second kappa shape index (κ2) is 1.58. The van der Waals surface area contributed by atoms with Crippen molar-refractivity contribution in [2.45, 2.75) is 0 Å². The van der Waals surface area contributed by atoms with Gasteiger partial charge in [-0.05, 0) is 0 Å². The Hall–Kier alpha value is -1.31. The van der Waals surface area contributed by atoms with Crippen LogP contribution in [0.25, 0.3) is 11.2 Å². The van der Waals surface area contributed by atoms with E-state index in [9.17, 15) is 0 Å². The van der Waals surface area contributed by atoms with Gasteiger partial charge in [-0.3, -0.25) is 8.83 Å². The van der Waals surface area contributed by atoms with Crippen LogP contribution in [0.3, 0.4) is 0 Å². The fourth-order valence-electron chi connectivity index (χ4n) is 0.773. The average Bonchev–Trinajstić information content (AvgIpc) is 2.33. The molecule has 0 saturated carbocycles. The van der Waals surface area contributed by atoms with Crippen molar-refractivity contribution in [1.82, 2.24) is 0 Å². The Labute approximate surface area is 51.7 Å². The number of hydrogen-bond acceptors (Lipinski definition) is 1. The Balaban J connectivity index is 2.95. The summed E-state index contributed by atoms with van der Waals surface area (Å²) in [5.41, 5.74) is 1.58. The van der Waals surface area contributed by atoms with Crippen LogP contribution in [0.2, 0.25) is 0 Å². The number of hydrogen-bond donors (Lipinski definition) is 0. The third-order valence-electron chi connectivity index (χ3n) is 1.20. The van der Waals surface area contributed by atoms with Crippen LogP contribution in [-0.4, -0.2) is 0 Å². The minimum Gasteiger partial charge on any atom is -0.272 e. The van der Waals surface area contributed by atoms with Crippen LogP contribution in [0.1, 0.15) is 0 Å². The summed E-state index contributed by atoms with van der Waals surface area (Å²) < 4.78 is 9.90. The van der Waals surface area contributed by atoms with E-state index in [2.05, 4.69) is 0 Å². The van der Waals surface area contributed by atoms with Gasteiger partial charge in [-0.2, -0.15) is 0 Å². The van der Waals surface area contributed by atoms with Crippen molar-refractivity contribution < 1.29 is 8.83 Å². The molecule has 0 unspecified atom stereocenters. The molecule has 2 nitrogen and oxygen atoms in total. The monoisotopic (exact) mass is 121 g/mol. The van der Waals surface area contributed by atoms with Gasteiger partial charge >= 0.3 is 17.6 Å². The molecular formula is C7H5O2+. The third-order valence-corrected chi connectivity index (χ3v) is 1.20. The van der Waals surface area contributed by atoms with Crippen molar-refractivity contribution in [3.8, 4) is 0 Å². The van der Waals surface area contributed by atoms with E-state index in [0.717, 1.165) is 11.2 Å². The summed E-state index contributed by atoms with van der Waals surface area (Å²) in [5, 5.41) is 0. The predicted molar refractivity (Wildman–Crippen MR) is 32.9 cm³/mol. The first-order valence-electron chi connectivity index (χ1n) is 2.71. The average molecular weight is 121 g/mol. The second-order valence-corrected chi connectivity index (χ2v) is 1.78. The van der Waals surface area contributed by atoms with Crippen LogP contribution in [0, 0.1) is 0 Å². The first-order chi connectivity index (χ1) is 4.47. The lowest BCUT2D eigenvalue weighted by Crippen LogP contribution is -1.57. The molecule has 1 aromatic heterocycles. The maximum Gasteiger partial charge on any atom is 0.485 e. The molecular weight excluding hydrogens is 116 g/mol. The summed E-state index contributed by atoms with van der Waals surface area (Å²) in [6.45, 7) is 1.32.